The van der Waals surface area contributed by atoms with E-state index in [2.05, 4.69) is 48.5 Å². The maximum absolute atomic E-state index is 12.0. The Morgan fingerprint density at radius 3 is 1.07 bits per heavy atom. The zero-order valence-corrected chi connectivity index (χ0v) is 16.4. The maximum Gasteiger partial charge on any atom is 0.158 e. The molecule has 0 bridgehead atoms. The Morgan fingerprint density at radius 1 is 0.444 bits per heavy atom. The second-order valence-electron chi connectivity index (χ2n) is 5.62. The van der Waals surface area contributed by atoms with Crippen molar-refractivity contribution >= 4 is 22.9 Å². The molecule has 4 aromatic rings. The van der Waals surface area contributed by atoms with Crippen LogP contribution in [-0.2, 0) is 11.2 Å². The molecule has 4 rings (SSSR count). The predicted molar refractivity (Wildman–Crippen MR) is 115 cm³/mol. The van der Waals surface area contributed by atoms with Crippen LogP contribution in [-0.4, -0.2) is 4.55 Å². The fourth-order valence-corrected chi connectivity index (χ4v) is 4.28. The predicted octanol–water partition coefficient (Wildman–Crippen LogP) is 6.69. The van der Waals surface area contributed by atoms with E-state index >= 15 is 0 Å². The summed E-state index contributed by atoms with van der Waals surface area (Å²) < 4.78 is 12.0. The van der Waals surface area contributed by atoms with Gasteiger partial charge in [0.25, 0.3) is 0 Å². The minimum absolute atomic E-state index is 0.846. The van der Waals surface area contributed by atoms with Crippen LogP contribution in [0.4, 0.5) is 0 Å². The van der Waals surface area contributed by atoms with Crippen LogP contribution in [0.1, 0.15) is 0 Å². The summed E-state index contributed by atoms with van der Waals surface area (Å²) in [4.78, 5) is 4.26. The molecule has 0 aromatic heterocycles. The second kappa shape index (κ2) is 10.6. The first kappa shape index (κ1) is 19.3. The van der Waals surface area contributed by atoms with Crippen LogP contribution in [0.5, 0.6) is 0 Å². The minimum atomic E-state index is -1.05. The van der Waals surface area contributed by atoms with Crippen LogP contribution in [0.2, 0.25) is 0 Å². The van der Waals surface area contributed by atoms with Crippen LogP contribution < -0.4 is 0 Å². The third-order valence-corrected chi connectivity index (χ3v) is 6.05. The Balaban J connectivity index is 0.000000156. The summed E-state index contributed by atoms with van der Waals surface area (Å²) >= 11 is 0.741. The summed E-state index contributed by atoms with van der Waals surface area (Å²) in [6, 6.07) is 39.8. The summed E-state index contributed by atoms with van der Waals surface area (Å²) in [6.45, 7) is 0. The van der Waals surface area contributed by atoms with Crippen molar-refractivity contribution in [2.75, 3.05) is 0 Å². The molecule has 0 aliphatic carbocycles. The van der Waals surface area contributed by atoms with Gasteiger partial charge in [0.05, 0.1) is 0 Å². The van der Waals surface area contributed by atoms with E-state index in [0.29, 0.717) is 0 Å². The number of hydrogen-bond donors (Lipinski definition) is 0. The van der Waals surface area contributed by atoms with Crippen LogP contribution in [0.15, 0.2) is 141 Å². The SMILES string of the molecule is [O-][S+](c1ccccc1)c1ccccc1.c1ccc(Sc2ccccc2)cc1. The van der Waals surface area contributed by atoms with Crippen LogP contribution in [0, 0.1) is 0 Å². The topological polar surface area (TPSA) is 23.1 Å². The summed E-state index contributed by atoms with van der Waals surface area (Å²) in [6.07, 6.45) is 0. The normalized spacial score (nSPS) is 10.1. The molecule has 0 saturated carbocycles. The van der Waals surface area contributed by atoms with Gasteiger partial charge in [-0.25, -0.2) is 0 Å². The van der Waals surface area contributed by atoms with Crippen LogP contribution >= 0.6 is 11.8 Å². The van der Waals surface area contributed by atoms with Crippen molar-refractivity contribution in [1.29, 1.82) is 0 Å². The van der Waals surface area contributed by atoms with Gasteiger partial charge in [0, 0.05) is 21.0 Å². The van der Waals surface area contributed by atoms with E-state index in [1.54, 1.807) is 11.8 Å². The fourth-order valence-electron chi connectivity index (χ4n) is 2.34. The van der Waals surface area contributed by atoms with Gasteiger partial charge in [-0.1, -0.05) is 84.6 Å². The highest BCUT2D eigenvalue weighted by atomic mass is 32.2. The van der Waals surface area contributed by atoms with E-state index in [4.69, 9.17) is 0 Å². The summed E-state index contributed by atoms with van der Waals surface area (Å²) in [5, 5.41) is 0. The highest BCUT2D eigenvalue weighted by molar-refractivity contribution is 7.99. The summed E-state index contributed by atoms with van der Waals surface area (Å²) in [7, 11) is 0. The first-order chi connectivity index (χ1) is 13.3. The molecule has 1 nitrogen and oxygen atoms in total. The molecule has 0 aliphatic heterocycles. The maximum atomic E-state index is 12.0. The molecule has 0 fully saturated rings. The van der Waals surface area contributed by atoms with E-state index in [1.165, 1.54) is 9.79 Å². The van der Waals surface area contributed by atoms with Crippen molar-refractivity contribution in [3.05, 3.63) is 121 Å². The Bertz CT molecular complexity index is 821. The smallest absolute Gasteiger partial charge is 0.158 e. The van der Waals surface area contributed by atoms with Gasteiger partial charge >= 0.3 is 0 Å². The molecule has 0 N–H and O–H groups in total. The number of rotatable bonds is 4. The Kier molecular flexibility index (Phi) is 7.60. The van der Waals surface area contributed by atoms with Gasteiger partial charge in [-0.2, -0.15) is 0 Å². The van der Waals surface area contributed by atoms with Crippen LogP contribution in [0.3, 0.4) is 0 Å². The molecular weight excluding hydrogens is 368 g/mol. The van der Waals surface area contributed by atoms with Crippen molar-refractivity contribution in [3.8, 4) is 0 Å². The molecule has 27 heavy (non-hydrogen) atoms. The molecule has 0 heterocycles. The highest BCUT2D eigenvalue weighted by Gasteiger charge is 2.12. The third kappa shape index (κ3) is 6.33. The van der Waals surface area contributed by atoms with E-state index in [-0.39, 0.29) is 0 Å². The molecule has 0 aliphatic rings. The first-order valence-corrected chi connectivity index (χ1v) is 10.6. The lowest BCUT2D eigenvalue weighted by Gasteiger charge is -2.08. The average molecular weight is 389 g/mol. The van der Waals surface area contributed by atoms with Gasteiger partial charge in [-0.3, -0.25) is 0 Å². The van der Waals surface area contributed by atoms with Crippen molar-refractivity contribution in [1.82, 2.24) is 0 Å². The highest BCUT2D eigenvalue weighted by Crippen LogP contribution is 2.26. The lowest BCUT2D eigenvalue weighted by molar-refractivity contribution is 0.595. The molecule has 0 atom stereocenters. The monoisotopic (exact) mass is 388 g/mol. The van der Waals surface area contributed by atoms with Gasteiger partial charge < -0.3 is 4.55 Å². The Labute approximate surface area is 168 Å². The van der Waals surface area contributed by atoms with E-state index in [0.717, 1.165) is 9.79 Å². The number of benzene rings is 4. The van der Waals surface area contributed by atoms with Crippen molar-refractivity contribution < 1.29 is 4.55 Å². The molecule has 4 aromatic carbocycles. The number of hydrogen-bond acceptors (Lipinski definition) is 2. The van der Waals surface area contributed by atoms with Gasteiger partial charge in [0.1, 0.15) is 0 Å². The Hall–Kier alpha value is -2.46. The standard InChI is InChI=1S/C12H10OS.C12H10S/c13-14(11-7-3-1-4-8-11)12-9-5-2-6-10-12;1-3-7-11(8-4-1)13-12-9-5-2-6-10-12/h1-10H;1-10H. The van der Waals surface area contributed by atoms with Crippen molar-refractivity contribution in [3.63, 3.8) is 0 Å². The average Bonchev–Trinajstić information content (AvgIpc) is 2.76. The minimum Gasteiger partial charge on any atom is -0.606 e. The van der Waals surface area contributed by atoms with Crippen LogP contribution in [0.25, 0.3) is 0 Å². The lowest BCUT2D eigenvalue weighted by Crippen LogP contribution is -2.00. The van der Waals surface area contributed by atoms with E-state index < -0.39 is 11.2 Å². The van der Waals surface area contributed by atoms with Gasteiger partial charge in [-0.15, -0.1) is 0 Å². The van der Waals surface area contributed by atoms with E-state index in [9.17, 15) is 4.55 Å². The zero-order valence-electron chi connectivity index (χ0n) is 14.8. The first-order valence-electron chi connectivity index (χ1n) is 8.63. The zero-order chi connectivity index (χ0) is 18.7. The van der Waals surface area contributed by atoms with Gasteiger partial charge in [-0.05, 0) is 48.5 Å². The van der Waals surface area contributed by atoms with Gasteiger partial charge in [0.15, 0.2) is 9.79 Å². The molecule has 3 heteroatoms. The van der Waals surface area contributed by atoms with Crippen molar-refractivity contribution in [2.24, 2.45) is 0 Å². The lowest BCUT2D eigenvalue weighted by atomic mass is 10.4. The largest absolute Gasteiger partial charge is 0.606 e. The fraction of sp³-hybridized carbons (Fsp3) is 0. The molecule has 134 valence electrons. The molecule has 0 spiro atoms. The summed E-state index contributed by atoms with van der Waals surface area (Å²) in [5.41, 5.74) is 0. The summed E-state index contributed by atoms with van der Waals surface area (Å²) in [5.74, 6) is 0. The van der Waals surface area contributed by atoms with E-state index in [1.807, 2.05) is 72.8 Å². The quantitative estimate of drug-likeness (QED) is 0.363. The molecular formula is C24H20OS2. The Morgan fingerprint density at radius 2 is 0.741 bits per heavy atom. The molecule has 0 unspecified atom stereocenters. The third-order valence-electron chi connectivity index (χ3n) is 3.64. The second-order valence-corrected chi connectivity index (χ2v) is 8.25. The molecule has 0 amide bonds. The molecule has 0 radical (unpaired) electrons. The van der Waals surface area contributed by atoms with Gasteiger partial charge in [0.2, 0.25) is 0 Å². The molecule has 0 saturated heterocycles. The van der Waals surface area contributed by atoms with Crippen molar-refractivity contribution in [2.45, 2.75) is 19.6 Å².